The van der Waals surface area contributed by atoms with Gasteiger partial charge in [0.25, 0.3) is 5.91 Å². The molecule has 1 aromatic rings. The zero-order valence-corrected chi connectivity index (χ0v) is 10.7. The Morgan fingerprint density at radius 2 is 2.11 bits per heavy atom. The zero-order chi connectivity index (χ0) is 13.6. The zero-order valence-electron chi connectivity index (χ0n) is 9.88. The number of nitrogens with one attached hydrogen (secondary N) is 2. The van der Waals surface area contributed by atoms with Crippen LogP contribution in [-0.4, -0.2) is 42.6 Å². The van der Waals surface area contributed by atoms with Crippen molar-refractivity contribution in [3.8, 4) is 0 Å². The van der Waals surface area contributed by atoms with Crippen molar-refractivity contribution >= 4 is 21.6 Å². The van der Waals surface area contributed by atoms with Crippen LogP contribution in [0.15, 0.2) is 12.1 Å². The van der Waals surface area contributed by atoms with Gasteiger partial charge in [-0.1, -0.05) is 6.92 Å². The van der Waals surface area contributed by atoms with Gasteiger partial charge in [0.05, 0.1) is 5.75 Å². The molecule has 0 unspecified atom stereocenters. The van der Waals surface area contributed by atoms with Gasteiger partial charge in [0, 0.05) is 12.3 Å². The predicted molar refractivity (Wildman–Crippen MR) is 66.5 cm³/mol. The molecule has 1 amide bonds. The standard InChI is InChI=1S/C9H15N5O3S/c1-2-18(16,17)6-5-11-9(15)7-3-4-8(12-10)14-13-7/h3-4H,2,5-6,10H2,1H3,(H,11,15)(H,12,14). The first-order chi connectivity index (χ1) is 8.48. The summed E-state index contributed by atoms with van der Waals surface area (Å²) < 4.78 is 22.4. The van der Waals surface area contributed by atoms with Crippen LogP contribution < -0.4 is 16.6 Å². The highest BCUT2D eigenvalue weighted by Crippen LogP contribution is 1.99. The molecule has 0 aliphatic heterocycles. The number of anilines is 1. The lowest BCUT2D eigenvalue weighted by molar-refractivity contribution is 0.0950. The molecule has 100 valence electrons. The Hall–Kier alpha value is -1.74. The van der Waals surface area contributed by atoms with E-state index in [1.165, 1.54) is 12.1 Å². The van der Waals surface area contributed by atoms with E-state index in [9.17, 15) is 13.2 Å². The average molecular weight is 273 g/mol. The van der Waals surface area contributed by atoms with Crippen molar-refractivity contribution in [1.29, 1.82) is 0 Å². The number of nitrogen functional groups attached to an aromatic ring is 1. The van der Waals surface area contributed by atoms with Crippen LogP contribution in [0.4, 0.5) is 5.82 Å². The molecule has 0 spiro atoms. The normalized spacial score (nSPS) is 11.0. The number of rotatable bonds is 6. The van der Waals surface area contributed by atoms with Gasteiger partial charge >= 0.3 is 0 Å². The van der Waals surface area contributed by atoms with Crippen molar-refractivity contribution in [3.63, 3.8) is 0 Å². The molecule has 0 aliphatic rings. The van der Waals surface area contributed by atoms with E-state index in [0.29, 0.717) is 5.82 Å². The number of amides is 1. The number of carbonyl (C=O) groups is 1. The Morgan fingerprint density at radius 3 is 2.61 bits per heavy atom. The van der Waals surface area contributed by atoms with Crippen molar-refractivity contribution in [1.82, 2.24) is 15.5 Å². The third-order valence-corrected chi connectivity index (χ3v) is 3.89. The maximum Gasteiger partial charge on any atom is 0.271 e. The van der Waals surface area contributed by atoms with E-state index in [4.69, 9.17) is 5.84 Å². The van der Waals surface area contributed by atoms with Crippen LogP contribution in [0.1, 0.15) is 17.4 Å². The summed E-state index contributed by atoms with van der Waals surface area (Å²) in [4.78, 5) is 11.6. The summed E-state index contributed by atoms with van der Waals surface area (Å²) >= 11 is 0. The second kappa shape index (κ2) is 6.26. The fourth-order valence-electron chi connectivity index (χ4n) is 1.09. The molecule has 1 aromatic heterocycles. The van der Waals surface area contributed by atoms with E-state index < -0.39 is 15.7 Å². The van der Waals surface area contributed by atoms with E-state index in [1.807, 2.05) is 0 Å². The molecule has 0 aromatic carbocycles. The van der Waals surface area contributed by atoms with Gasteiger partial charge in [-0.15, -0.1) is 10.2 Å². The van der Waals surface area contributed by atoms with E-state index in [-0.39, 0.29) is 23.7 Å². The molecule has 0 fully saturated rings. The van der Waals surface area contributed by atoms with Gasteiger partial charge in [-0.3, -0.25) is 4.79 Å². The highest BCUT2D eigenvalue weighted by atomic mass is 32.2. The Labute approximate surface area is 105 Å². The summed E-state index contributed by atoms with van der Waals surface area (Å²) in [5, 5.41) is 9.71. The minimum Gasteiger partial charge on any atom is -0.350 e. The SMILES string of the molecule is CCS(=O)(=O)CCNC(=O)c1ccc(NN)nn1. The lowest BCUT2D eigenvalue weighted by Gasteiger charge is -2.04. The van der Waals surface area contributed by atoms with Gasteiger partial charge in [0.15, 0.2) is 21.3 Å². The van der Waals surface area contributed by atoms with Crippen molar-refractivity contribution in [2.45, 2.75) is 6.92 Å². The minimum absolute atomic E-state index is 0.0492. The van der Waals surface area contributed by atoms with Gasteiger partial charge in [-0.2, -0.15) is 0 Å². The van der Waals surface area contributed by atoms with Crippen LogP contribution in [-0.2, 0) is 9.84 Å². The lowest BCUT2D eigenvalue weighted by Crippen LogP contribution is -2.30. The first-order valence-electron chi connectivity index (χ1n) is 5.27. The number of aromatic nitrogens is 2. The average Bonchev–Trinajstić information content (AvgIpc) is 2.38. The number of carbonyl (C=O) groups excluding carboxylic acids is 1. The third kappa shape index (κ3) is 4.26. The Kier molecular flexibility index (Phi) is 4.98. The number of sulfone groups is 1. The van der Waals surface area contributed by atoms with E-state index in [1.54, 1.807) is 6.92 Å². The molecule has 8 nitrogen and oxygen atoms in total. The van der Waals surface area contributed by atoms with Crippen LogP contribution in [0, 0.1) is 0 Å². The number of hydrazine groups is 1. The first kappa shape index (κ1) is 14.3. The molecule has 0 aliphatic carbocycles. The fourth-order valence-corrected chi connectivity index (χ4v) is 1.79. The number of nitrogens with zero attached hydrogens (tertiary/aromatic N) is 2. The van der Waals surface area contributed by atoms with Crippen LogP contribution >= 0.6 is 0 Å². The number of nitrogens with two attached hydrogens (primary N) is 1. The quantitative estimate of drug-likeness (QED) is 0.444. The topological polar surface area (TPSA) is 127 Å². The van der Waals surface area contributed by atoms with Crippen LogP contribution in [0.3, 0.4) is 0 Å². The van der Waals surface area contributed by atoms with Crippen molar-refractivity contribution < 1.29 is 13.2 Å². The molecule has 9 heteroatoms. The molecule has 1 heterocycles. The van der Waals surface area contributed by atoms with E-state index >= 15 is 0 Å². The molecule has 0 bridgehead atoms. The van der Waals surface area contributed by atoms with Gasteiger partial charge in [-0.05, 0) is 12.1 Å². The van der Waals surface area contributed by atoms with Gasteiger partial charge in [0.2, 0.25) is 0 Å². The summed E-state index contributed by atoms with van der Waals surface area (Å²) in [7, 11) is -3.09. The molecular formula is C9H15N5O3S. The number of hydrogen-bond donors (Lipinski definition) is 3. The van der Waals surface area contributed by atoms with Gasteiger partial charge in [0.1, 0.15) is 0 Å². The Morgan fingerprint density at radius 1 is 1.39 bits per heavy atom. The van der Waals surface area contributed by atoms with Crippen LogP contribution in [0.25, 0.3) is 0 Å². The maximum atomic E-state index is 11.6. The maximum absolute atomic E-state index is 11.6. The summed E-state index contributed by atoms with van der Waals surface area (Å²) in [5.41, 5.74) is 2.38. The minimum atomic E-state index is -3.09. The predicted octanol–water partition coefficient (Wildman–Crippen LogP) is -1.07. The second-order valence-corrected chi connectivity index (χ2v) is 5.91. The van der Waals surface area contributed by atoms with Crippen molar-refractivity contribution in [3.05, 3.63) is 17.8 Å². The third-order valence-electron chi connectivity index (χ3n) is 2.18. The number of hydrogen-bond acceptors (Lipinski definition) is 7. The molecule has 0 saturated carbocycles. The molecule has 4 N–H and O–H groups in total. The largest absolute Gasteiger partial charge is 0.350 e. The molecule has 0 radical (unpaired) electrons. The van der Waals surface area contributed by atoms with Crippen molar-refractivity contribution in [2.75, 3.05) is 23.5 Å². The molecule has 18 heavy (non-hydrogen) atoms. The molecule has 0 saturated heterocycles. The Balaban J connectivity index is 2.50. The van der Waals surface area contributed by atoms with Gasteiger partial charge in [-0.25, -0.2) is 14.3 Å². The fraction of sp³-hybridized carbons (Fsp3) is 0.444. The summed E-state index contributed by atoms with van der Waals surface area (Å²) in [6, 6.07) is 2.93. The highest BCUT2D eigenvalue weighted by Gasteiger charge is 2.10. The summed E-state index contributed by atoms with van der Waals surface area (Å²) in [5.74, 6) is 4.92. The molecular weight excluding hydrogens is 258 g/mol. The van der Waals surface area contributed by atoms with Crippen LogP contribution in [0.5, 0.6) is 0 Å². The Bertz CT molecular complexity index is 499. The first-order valence-corrected chi connectivity index (χ1v) is 7.09. The van der Waals surface area contributed by atoms with E-state index in [2.05, 4.69) is 20.9 Å². The molecule has 0 atom stereocenters. The second-order valence-electron chi connectivity index (χ2n) is 3.44. The van der Waals surface area contributed by atoms with Crippen molar-refractivity contribution in [2.24, 2.45) is 5.84 Å². The van der Waals surface area contributed by atoms with Crippen LogP contribution in [0.2, 0.25) is 0 Å². The summed E-state index contributed by atoms with van der Waals surface area (Å²) in [6.45, 7) is 1.61. The summed E-state index contributed by atoms with van der Waals surface area (Å²) in [6.07, 6.45) is 0. The monoisotopic (exact) mass is 273 g/mol. The van der Waals surface area contributed by atoms with Gasteiger partial charge < -0.3 is 10.7 Å². The van der Waals surface area contributed by atoms with E-state index in [0.717, 1.165) is 0 Å². The highest BCUT2D eigenvalue weighted by molar-refractivity contribution is 7.91. The smallest absolute Gasteiger partial charge is 0.271 e. The molecule has 1 rings (SSSR count). The lowest BCUT2D eigenvalue weighted by atomic mass is 10.3.